The zero-order valence-corrected chi connectivity index (χ0v) is 15.5. The summed E-state index contributed by atoms with van der Waals surface area (Å²) in [6.07, 6.45) is 0. The minimum absolute atomic E-state index is 0.188. The number of nitrogens with two attached hydrogens (primary N) is 1. The molecule has 1 heterocycles. The van der Waals surface area contributed by atoms with Crippen molar-refractivity contribution in [2.75, 3.05) is 23.4 Å². The van der Waals surface area contributed by atoms with Gasteiger partial charge in [0, 0.05) is 18.0 Å². The Morgan fingerprint density at radius 3 is 2.46 bits per heavy atom. The molecule has 0 atom stereocenters. The van der Waals surface area contributed by atoms with E-state index in [-0.39, 0.29) is 5.91 Å². The maximum atomic E-state index is 12.5. The molecule has 0 saturated carbocycles. The number of benzene rings is 3. The van der Waals surface area contributed by atoms with E-state index in [9.17, 15) is 4.79 Å². The molecule has 3 aromatic carbocycles. The van der Waals surface area contributed by atoms with Gasteiger partial charge in [-0.2, -0.15) is 5.10 Å². The molecule has 28 heavy (non-hydrogen) atoms. The van der Waals surface area contributed by atoms with Crippen LogP contribution in [0, 0.1) is 0 Å². The molecule has 4 rings (SSSR count). The van der Waals surface area contributed by atoms with Gasteiger partial charge in [0.1, 0.15) is 0 Å². The summed E-state index contributed by atoms with van der Waals surface area (Å²) in [4.78, 5) is 12.5. The van der Waals surface area contributed by atoms with Crippen molar-refractivity contribution in [3.8, 4) is 0 Å². The average molecular weight is 371 g/mol. The predicted octanol–water partition coefficient (Wildman–Crippen LogP) is 3.96. The Hall–Kier alpha value is -3.80. The molecule has 0 unspecified atom stereocenters. The largest absolute Gasteiger partial charge is 0.397 e. The van der Waals surface area contributed by atoms with Crippen LogP contribution >= 0.6 is 0 Å². The lowest BCUT2D eigenvalue weighted by atomic mass is 10.1. The third-order valence-electron chi connectivity index (χ3n) is 4.65. The molecule has 4 aromatic rings. The average Bonchev–Trinajstić information content (AvgIpc) is 3.08. The molecule has 4 N–H and O–H groups in total. The van der Waals surface area contributed by atoms with Gasteiger partial charge in [0.25, 0.3) is 5.91 Å². The number of nitrogens with one attached hydrogen (secondary N) is 2. The molecular formula is C22H21N5O. The van der Waals surface area contributed by atoms with Gasteiger partial charge in [-0.15, -0.1) is 0 Å². The van der Waals surface area contributed by atoms with Crippen LogP contribution in [0.2, 0.25) is 0 Å². The zero-order valence-electron chi connectivity index (χ0n) is 15.5. The first-order valence-electron chi connectivity index (χ1n) is 9.04. The number of carbonyl (C=O) groups excluding carboxylic acids is 1. The van der Waals surface area contributed by atoms with Gasteiger partial charge in [0.15, 0.2) is 5.82 Å². The molecule has 0 spiro atoms. The maximum Gasteiger partial charge on any atom is 0.255 e. The molecular weight excluding hydrogens is 350 g/mol. The van der Waals surface area contributed by atoms with E-state index in [0.717, 1.165) is 22.3 Å². The Morgan fingerprint density at radius 2 is 1.71 bits per heavy atom. The summed E-state index contributed by atoms with van der Waals surface area (Å²) in [5, 5.41) is 11.7. The van der Waals surface area contributed by atoms with Crippen LogP contribution in [-0.2, 0) is 6.54 Å². The predicted molar refractivity (Wildman–Crippen MR) is 114 cm³/mol. The Bertz CT molecular complexity index is 1130. The van der Waals surface area contributed by atoms with Crippen molar-refractivity contribution in [1.29, 1.82) is 0 Å². The normalized spacial score (nSPS) is 10.8. The molecule has 0 aliphatic rings. The molecule has 6 nitrogen and oxygen atoms in total. The van der Waals surface area contributed by atoms with Gasteiger partial charge < -0.3 is 16.4 Å². The van der Waals surface area contributed by atoms with Crippen molar-refractivity contribution in [3.05, 3.63) is 83.9 Å². The van der Waals surface area contributed by atoms with Crippen molar-refractivity contribution >= 4 is 34.0 Å². The lowest BCUT2D eigenvalue weighted by Crippen LogP contribution is -2.13. The van der Waals surface area contributed by atoms with E-state index in [1.54, 1.807) is 12.1 Å². The fraction of sp³-hybridized carbons (Fsp3) is 0.0909. The summed E-state index contributed by atoms with van der Waals surface area (Å²) in [6.45, 7) is 0.621. The molecule has 0 radical (unpaired) electrons. The van der Waals surface area contributed by atoms with Crippen LogP contribution in [0.5, 0.6) is 0 Å². The van der Waals surface area contributed by atoms with E-state index < -0.39 is 0 Å². The molecule has 0 bridgehead atoms. The monoisotopic (exact) mass is 371 g/mol. The van der Waals surface area contributed by atoms with Crippen LogP contribution in [0.1, 0.15) is 15.9 Å². The van der Waals surface area contributed by atoms with Crippen molar-refractivity contribution in [3.63, 3.8) is 0 Å². The standard InChI is InChI=1S/C22H21N5O/c1-24-21-17-6-2-5-9-20(17)27(26-21)14-15-10-12-16(13-11-15)22(28)25-19-8-4-3-7-18(19)23/h2-13H,14,23H2,1H3,(H,24,26)(H,25,28). The highest BCUT2D eigenvalue weighted by molar-refractivity contribution is 6.05. The number of nitrogens with zero attached hydrogens (tertiary/aromatic N) is 2. The summed E-state index contributed by atoms with van der Waals surface area (Å²) in [7, 11) is 1.87. The molecule has 0 aliphatic heterocycles. The Kier molecular flexibility index (Phi) is 4.68. The van der Waals surface area contributed by atoms with Crippen LogP contribution < -0.4 is 16.4 Å². The minimum atomic E-state index is -0.188. The Labute approximate surface area is 163 Å². The second-order valence-corrected chi connectivity index (χ2v) is 6.51. The van der Waals surface area contributed by atoms with Crippen LogP contribution in [0.4, 0.5) is 17.2 Å². The number of carbonyl (C=O) groups is 1. The number of nitrogen functional groups attached to an aromatic ring is 1. The first kappa shape index (κ1) is 17.6. The topological polar surface area (TPSA) is 85.0 Å². The number of anilines is 3. The van der Waals surface area contributed by atoms with Gasteiger partial charge in [-0.05, 0) is 42.0 Å². The van der Waals surface area contributed by atoms with E-state index in [4.69, 9.17) is 5.73 Å². The second kappa shape index (κ2) is 7.44. The van der Waals surface area contributed by atoms with Gasteiger partial charge in [-0.3, -0.25) is 9.48 Å². The van der Waals surface area contributed by atoms with Crippen LogP contribution in [-0.4, -0.2) is 22.7 Å². The highest BCUT2D eigenvalue weighted by Crippen LogP contribution is 2.23. The SMILES string of the molecule is CNc1nn(Cc2ccc(C(=O)Nc3ccccc3N)cc2)c2ccccc12. The molecule has 0 aliphatic carbocycles. The summed E-state index contributed by atoms with van der Waals surface area (Å²) in [6, 6.07) is 22.8. The smallest absolute Gasteiger partial charge is 0.255 e. The number of hydrogen-bond donors (Lipinski definition) is 3. The van der Waals surface area contributed by atoms with E-state index >= 15 is 0 Å². The number of para-hydroxylation sites is 3. The quantitative estimate of drug-likeness (QED) is 0.464. The Balaban J connectivity index is 1.53. The third kappa shape index (κ3) is 3.40. The first-order valence-corrected chi connectivity index (χ1v) is 9.04. The zero-order chi connectivity index (χ0) is 19.5. The van der Waals surface area contributed by atoms with Crippen LogP contribution in [0.3, 0.4) is 0 Å². The molecule has 1 aromatic heterocycles. The summed E-state index contributed by atoms with van der Waals surface area (Å²) in [5.74, 6) is 0.665. The van der Waals surface area contributed by atoms with Gasteiger partial charge >= 0.3 is 0 Å². The van der Waals surface area contributed by atoms with E-state index in [1.165, 1.54) is 0 Å². The third-order valence-corrected chi connectivity index (χ3v) is 4.65. The van der Waals surface area contributed by atoms with Crippen molar-refractivity contribution in [2.24, 2.45) is 0 Å². The van der Waals surface area contributed by atoms with Gasteiger partial charge in [-0.1, -0.05) is 36.4 Å². The lowest BCUT2D eigenvalue weighted by Gasteiger charge is -2.09. The molecule has 140 valence electrons. The summed E-state index contributed by atoms with van der Waals surface area (Å²) in [5.41, 5.74) is 9.74. The van der Waals surface area contributed by atoms with E-state index in [2.05, 4.69) is 21.8 Å². The fourth-order valence-corrected chi connectivity index (χ4v) is 3.17. The van der Waals surface area contributed by atoms with Gasteiger partial charge in [0.05, 0.1) is 23.4 Å². The van der Waals surface area contributed by atoms with Crippen LogP contribution in [0.15, 0.2) is 72.8 Å². The van der Waals surface area contributed by atoms with Gasteiger partial charge in [0.2, 0.25) is 0 Å². The second-order valence-electron chi connectivity index (χ2n) is 6.51. The summed E-state index contributed by atoms with van der Waals surface area (Å²) < 4.78 is 1.96. The van der Waals surface area contributed by atoms with Gasteiger partial charge in [-0.25, -0.2) is 0 Å². The number of fused-ring (bicyclic) bond motifs is 1. The molecule has 0 saturated heterocycles. The number of rotatable bonds is 5. The first-order chi connectivity index (χ1) is 13.7. The maximum absolute atomic E-state index is 12.5. The highest BCUT2D eigenvalue weighted by atomic mass is 16.1. The number of hydrogen-bond acceptors (Lipinski definition) is 4. The van der Waals surface area contributed by atoms with Crippen molar-refractivity contribution in [1.82, 2.24) is 9.78 Å². The number of aromatic nitrogens is 2. The fourth-order valence-electron chi connectivity index (χ4n) is 3.17. The Morgan fingerprint density at radius 1 is 1.00 bits per heavy atom. The highest BCUT2D eigenvalue weighted by Gasteiger charge is 2.11. The summed E-state index contributed by atoms with van der Waals surface area (Å²) >= 11 is 0. The van der Waals surface area contributed by atoms with E-state index in [1.807, 2.05) is 66.3 Å². The molecule has 0 fully saturated rings. The van der Waals surface area contributed by atoms with Crippen molar-refractivity contribution < 1.29 is 4.79 Å². The lowest BCUT2D eigenvalue weighted by molar-refractivity contribution is 0.102. The minimum Gasteiger partial charge on any atom is -0.397 e. The molecule has 6 heteroatoms. The molecule has 1 amide bonds. The van der Waals surface area contributed by atoms with E-state index in [0.29, 0.717) is 23.5 Å². The van der Waals surface area contributed by atoms with Crippen LogP contribution in [0.25, 0.3) is 10.9 Å². The van der Waals surface area contributed by atoms with Crippen molar-refractivity contribution in [2.45, 2.75) is 6.54 Å². The number of amides is 1.